The van der Waals surface area contributed by atoms with Gasteiger partial charge in [-0.3, -0.25) is 4.79 Å². The number of amides is 3. The second-order valence-corrected chi connectivity index (χ2v) is 7.26. The molecule has 0 heterocycles. The molecule has 0 aliphatic heterocycles. The number of carbonyl (C=O) groups is 2. The highest BCUT2D eigenvalue weighted by Crippen LogP contribution is 2.14. The number of nitrogens with one attached hydrogen (secondary N) is 3. The van der Waals surface area contributed by atoms with Gasteiger partial charge in [-0.1, -0.05) is 46.3 Å². The quantitative estimate of drug-likeness (QED) is 0.491. The van der Waals surface area contributed by atoms with Crippen LogP contribution in [-0.2, 0) is 11.2 Å². The van der Waals surface area contributed by atoms with Crippen molar-refractivity contribution in [3.8, 4) is 0 Å². The molecule has 0 saturated carbocycles. The fraction of sp³-hybridized carbons (Fsp3) is 0.0909. The van der Waals surface area contributed by atoms with E-state index in [1.54, 1.807) is 24.3 Å². The third-order valence-electron chi connectivity index (χ3n) is 4.12. The molecule has 7 heteroatoms. The van der Waals surface area contributed by atoms with E-state index in [9.17, 15) is 14.0 Å². The second kappa shape index (κ2) is 9.84. The molecule has 5 nitrogen and oxygen atoms in total. The van der Waals surface area contributed by atoms with Crippen LogP contribution in [0.3, 0.4) is 0 Å². The maximum atomic E-state index is 13.1. The Morgan fingerprint density at radius 1 is 0.828 bits per heavy atom. The van der Waals surface area contributed by atoms with Crippen LogP contribution >= 0.6 is 15.9 Å². The molecule has 1 atom stereocenters. The molecule has 0 saturated heterocycles. The van der Waals surface area contributed by atoms with Crippen molar-refractivity contribution >= 4 is 39.2 Å². The molecule has 3 aromatic carbocycles. The summed E-state index contributed by atoms with van der Waals surface area (Å²) >= 11 is 3.34. The van der Waals surface area contributed by atoms with E-state index < -0.39 is 23.8 Å². The lowest BCUT2D eigenvalue weighted by atomic mass is 10.1. The third-order valence-corrected chi connectivity index (χ3v) is 4.65. The van der Waals surface area contributed by atoms with Crippen molar-refractivity contribution in [2.24, 2.45) is 0 Å². The van der Waals surface area contributed by atoms with Crippen molar-refractivity contribution < 1.29 is 14.0 Å². The van der Waals surface area contributed by atoms with E-state index in [2.05, 4.69) is 31.9 Å². The monoisotopic (exact) mass is 455 g/mol. The van der Waals surface area contributed by atoms with Crippen LogP contribution in [0.25, 0.3) is 0 Å². The van der Waals surface area contributed by atoms with Crippen molar-refractivity contribution in [1.29, 1.82) is 0 Å². The Hall–Kier alpha value is -3.19. The van der Waals surface area contributed by atoms with Gasteiger partial charge in [-0.25, -0.2) is 9.18 Å². The Kier molecular flexibility index (Phi) is 6.97. The van der Waals surface area contributed by atoms with Gasteiger partial charge in [0.25, 0.3) is 0 Å². The number of halogens is 2. The zero-order valence-electron chi connectivity index (χ0n) is 15.4. The third kappa shape index (κ3) is 6.43. The molecule has 29 heavy (non-hydrogen) atoms. The molecule has 0 aliphatic rings. The SMILES string of the molecule is O=C(Nc1ccc(Br)cc1)NC(Cc1ccccc1)C(=O)Nc1ccc(F)cc1. The average Bonchev–Trinajstić information content (AvgIpc) is 2.72. The number of hydrogen-bond donors (Lipinski definition) is 3. The predicted octanol–water partition coefficient (Wildman–Crippen LogP) is 4.96. The fourth-order valence-corrected chi connectivity index (χ4v) is 2.94. The summed E-state index contributed by atoms with van der Waals surface area (Å²) in [5.41, 5.74) is 1.95. The summed E-state index contributed by atoms with van der Waals surface area (Å²) in [4.78, 5) is 25.2. The van der Waals surface area contributed by atoms with E-state index in [1.807, 2.05) is 30.3 Å². The molecule has 0 bridgehead atoms. The number of carbonyl (C=O) groups excluding carboxylic acids is 2. The van der Waals surface area contributed by atoms with Crippen LogP contribution in [-0.4, -0.2) is 18.0 Å². The summed E-state index contributed by atoms with van der Waals surface area (Å²) in [6.07, 6.45) is 0.307. The first-order valence-corrected chi connectivity index (χ1v) is 9.72. The van der Waals surface area contributed by atoms with Crippen molar-refractivity contribution in [3.63, 3.8) is 0 Å². The maximum absolute atomic E-state index is 13.1. The van der Waals surface area contributed by atoms with Crippen LogP contribution in [0, 0.1) is 5.82 Å². The Morgan fingerprint density at radius 2 is 1.41 bits per heavy atom. The normalized spacial score (nSPS) is 11.4. The molecule has 0 aliphatic carbocycles. The van der Waals surface area contributed by atoms with E-state index in [-0.39, 0.29) is 0 Å². The van der Waals surface area contributed by atoms with Crippen LogP contribution in [0.1, 0.15) is 5.56 Å². The van der Waals surface area contributed by atoms with Gasteiger partial charge in [-0.2, -0.15) is 0 Å². The van der Waals surface area contributed by atoms with Gasteiger partial charge in [0.05, 0.1) is 0 Å². The van der Waals surface area contributed by atoms with E-state index >= 15 is 0 Å². The van der Waals surface area contributed by atoms with Gasteiger partial charge in [0, 0.05) is 22.3 Å². The summed E-state index contributed by atoms with van der Waals surface area (Å²) in [5, 5.41) is 8.14. The zero-order valence-corrected chi connectivity index (χ0v) is 16.9. The Bertz CT molecular complexity index is 964. The highest BCUT2D eigenvalue weighted by atomic mass is 79.9. The van der Waals surface area contributed by atoms with Gasteiger partial charge in [0.15, 0.2) is 0 Å². The highest BCUT2D eigenvalue weighted by molar-refractivity contribution is 9.10. The molecule has 1 unspecified atom stereocenters. The Morgan fingerprint density at radius 3 is 2.07 bits per heavy atom. The van der Waals surface area contributed by atoms with Gasteiger partial charge in [0.2, 0.25) is 5.91 Å². The fourth-order valence-electron chi connectivity index (χ4n) is 2.68. The lowest BCUT2D eigenvalue weighted by Crippen LogP contribution is -2.46. The molecule has 0 aromatic heterocycles. The largest absolute Gasteiger partial charge is 0.326 e. The summed E-state index contributed by atoms with van der Waals surface area (Å²) in [6.45, 7) is 0. The molecule has 0 fully saturated rings. The average molecular weight is 456 g/mol. The van der Waals surface area contributed by atoms with Crippen LogP contribution in [0.5, 0.6) is 0 Å². The molecule has 0 radical (unpaired) electrons. The van der Waals surface area contributed by atoms with Gasteiger partial charge in [-0.15, -0.1) is 0 Å². The van der Waals surface area contributed by atoms with E-state index in [0.717, 1.165) is 10.0 Å². The highest BCUT2D eigenvalue weighted by Gasteiger charge is 2.21. The predicted molar refractivity (Wildman–Crippen MR) is 115 cm³/mol. The minimum atomic E-state index is -0.821. The van der Waals surface area contributed by atoms with Gasteiger partial charge in [0.1, 0.15) is 11.9 Å². The van der Waals surface area contributed by atoms with E-state index in [1.165, 1.54) is 24.3 Å². The lowest BCUT2D eigenvalue weighted by molar-refractivity contribution is -0.117. The standard InChI is InChI=1S/C22H19BrFN3O2/c23-16-6-10-19(11-7-16)26-22(29)27-20(14-15-4-2-1-3-5-15)21(28)25-18-12-8-17(24)9-13-18/h1-13,20H,14H2,(H,25,28)(H2,26,27,29). The van der Waals surface area contributed by atoms with Gasteiger partial charge in [-0.05, 0) is 54.1 Å². The zero-order chi connectivity index (χ0) is 20.6. The minimum Gasteiger partial charge on any atom is -0.326 e. The summed E-state index contributed by atoms with van der Waals surface area (Å²) < 4.78 is 14.0. The molecule has 3 rings (SSSR count). The topological polar surface area (TPSA) is 70.2 Å². The number of rotatable bonds is 6. The molecule has 3 N–H and O–H groups in total. The number of hydrogen-bond acceptors (Lipinski definition) is 2. The van der Waals surface area contributed by atoms with Crippen molar-refractivity contribution in [1.82, 2.24) is 5.32 Å². The van der Waals surface area contributed by atoms with Crippen LogP contribution < -0.4 is 16.0 Å². The van der Waals surface area contributed by atoms with Crippen LogP contribution in [0.15, 0.2) is 83.3 Å². The maximum Gasteiger partial charge on any atom is 0.319 e. The molecule has 0 spiro atoms. The van der Waals surface area contributed by atoms with Crippen LogP contribution in [0.4, 0.5) is 20.6 Å². The Balaban J connectivity index is 1.71. The minimum absolute atomic E-state index is 0.307. The Labute approximate surface area is 176 Å². The number of benzene rings is 3. The first kappa shape index (κ1) is 20.5. The number of anilines is 2. The molecule has 148 valence electrons. The van der Waals surface area contributed by atoms with Crippen molar-refractivity contribution in [2.75, 3.05) is 10.6 Å². The van der Waals surface area contributed by atoms with Gasteiger partial charge < -0.3 is 16.0 Å². The van der Waals surface area contributed by atoms with Crippen molar-refractivity contribution in [3.05, 3.63) is 94.7 Å². The lowest BCUT2D eigenvalue weighted by Gasteiger charge is -2.19. The number of urea groups is 1. The van der Waals surface area contributed by atoms with Gasteiger partial charge >= 0.3 is 6.03 Å². The first-order valence-electron chi connectivity index (χ1n) is 8.93. The van der Waals surface area contributed by atoms with E-state index in [0.29, 0.717) is 17.8 Å². The molecular formula is C22H19BrFN3O2. The molecule has 3 aromatic rings. The summed E-state index contributed by atoms with van der Waals surface area (Å²) in [6, 6.07) is 20.6. The molecule has 3 amide bonds. The molecular weight excluding hydrogens is 437 g/mol. The first-order chi connectivity index (χ1) is 14.0. The van der Waals surface area contributed by atoms with Crippen LogP contribution in [0.2, 0.25) is 0 Å². The summed E-state index contributed by atoms with van der Waals surface area (Å²) in [7, 11) is 0. The second-order valence-electron chi connectivity index (χ2n) is 6.34. The van der Waals surface area contributed by atoms with E-state index in [4.69, 9.17) is 0 Å². The smallest absolute Gasteiger partial charge is 0.319 e. The van der Waals surface area contributed by atoms with Crippen molar-refractivity contribution in [2.45, 2.75) is 12.5 Å². The summed E-state index contributed by atoms with van der Waals surface area (Å²) in [5.74, 6) is -0.790.